The lowest BCUT2D eigenvalue weighted by Gasteiger charge is -2.22. The molecule has 1 saturated heterocycles. The monoisotopic (exact) mass is 237 g/mol. The molecule has 0 aromatic rings. The molecule has 0 aromatic carbocycles. The third kappa shape index (κ3) is 2.16. The van der Waals surface area contributed by atoms with Crippen LogP contribution in [0.1, 0.15) is 53.9 Å². The van der Waals surface area contributed by atoms with Crippen LogP contribution in [0.5, 0.6) is 0 Å². The van der Waals surface area contributed by atoms with E-state index in [2.05, 4.69) is 32.6 Å². The maximum Gasteiger partial charge on any atom is 0.149 e. The van der Waals surface area contributed by atoms with Gasteiger partial charge in [0.15, 0.2) is 0 Å². The Bertz CT molecular complexity index is 317. The number of carbonyl (C=O) groups is 1. The summed E-state index contributed by atoms with van der Waals surface area (Å²) in [4.78, 5) is 14.4. The Labute approximate surface area is 106 Å². The highest BCUT2D eigenvalue weighted by molar-refractivity contribution is 5.84. The normalized spacial score (nSPS) is 37.7. The van der Waals surface area contributed by atoms with Crippen molar-refractivity contribution >= 4 is 5.78 Å². The van der Waals surface area contributed by atoms with E-state index in [1.807, 2.05) is 6.92 Å². The minimum absolute atomic E-state index is 0.220. The van der Waals surface area contributed by atoms with Crippen molar-refractivity contribution in [2.45, 2.75) is 59.9 Å². The summed E-state index contributed by atoms with van der Waals surface area (Å²) in [5.41, 5.74) is 0.882. The number of rotatable bonds is 3. The fourth-order valence-corrected chi connectivity index (χ4v) is 3.95. The number of ketones is 1. The van der Waals surface area contributed by atoms with Gasteiger partial charge in [-0.3, -0.25) is 9.69 Å². The van der Waals surface area contributed by atoms with E-state index in [1.165, 1.54) is 6.42 Å². The van der Waals surface area contributed by atoms with Crippen LogP contribution in [0.25, 0.3) is 0 Å². The van der Waals surface area contributed by atoms with E-state index in [1.54, 1.807) is 0 Å². The first-order valence-electron chi connectivity index (χ1n) is 7.11. The van der Waals surface area contributed by atoms with Crippen LogP contribution >= 0.6 is 0 Å². The van der Waals surface area contributed by atoms with Gasteiger partial charge in [0, 0.05) is 13.0 Å². The van der Waals surface area contributed by atoms with Crippen LogP contribution in [0.2, 0.25) is 0 Å². The molecule has 2 rings (SSSR count). The largest absolute Gasteiger partial charge is 0.298 e. The molecule has 1 aliphatic carbocycles. The maximum absolute atomic E-state index is 12.0. The Balaban J connectivity index is 2.09. The van der Waals surface area contributed by atoms with E-state index in [-0.39, 0.29) is 6.04 Å². The van der Waals surface area contributed by atoms with Gasteiger partial charge in [-0.25, -0.2) is 0 Å². The SMILES string of the molecule is CCC(=O)[C@@H]1C[C@]2(C[C@H]2C(C)(C)C)CN1CC. The highest BCUT2D eigenvalue weighted by Gasteiger charge is 2.63. The van der Waals surface area contributed by atoms with Crippen molar-refractivity contribution in [1.82, 2.24) is 4.90 Å². The minimum atomic E-state index is 0.220. The first-order chi connectivity index (χ1) is 7.84. The van der Waals surface area contributed by atoms with Crippen LogP contribution < -0.4 is 0 Å². The average Bonchev–Trinajstić information content (AvgIpc) is 2.83. The molecule has 0 unspecified atom stereocenters. The molecule has 1 spiro atoms. The molecule has 3 atom stereocenters. The fraction of sp³-hybridized carbons (Fsp3) is 0.933. The van der Waals surface area contributed by atoms with Gasteiger partial charge in [0.2, 0.25) is 0 Å². The number of carbonyl (C=O) groups excluding carboxylic acids is 1. The van der Waals surface area contributed by atoms with Gasteiger partial charge in [-0.1, -0.05) is 34.6 Å². The molecule has 2 aliphatic rings. The Morgan fingerprint density at radius 2 is 1.94 bits per heavy atom. The van der Waals surface area contributed by atoms with Crippen LogP contribution in [0, 0.1) is 16.7 Å². The van der Waals surface area contributed by atoms with Gasteiger partial charge in [-0.05, 0) is 36.1 Å². The van der Waals surface area contributed by atoms with Crippen molar-refractivity contribution in [3.8, 4) is 0 Å². The van der Waals surface area contributed by atoms with Crippen LogP contribution in [-0.4, -0.2) is 29.8 Å². The smallest absolute Gasteiger partial charge is 0.149 e. The molecule has 17 heavy (non-hydrogen) atoms. The number of likely N-dealkylation sites (tertiary alicyclic amines) is 1. The second-order valence-corrected chi connectivity index (χ2v) is 7.09. The Morgan fingerprint density at radius 1 is 1.29 bits per heavy atom. The molecular formula is C15H27NO. The van der Waals surface area contributed by atoms with Crippen molar-refractivity contribution in [3.05, 3.63) is 0 Å². The van der Waals surface area contributed by atoms with E-state index < -0.39 is 0 Å². The van der Waals surface area contributed by atoms with Gasteiger partial charge >= 0.3 is 0 Å². The summed E-state index contributed by atoms with van der Waals surface area (Å²) in [7, 11) is 0. The molecule has 0 N–H and O–H groups in total. The van der Waals surface area contributed by atoms with Gasteiger partial charge in [-0.15, -0.1) is 0 Å². The summed E-state index contributed by atoms with van der Waals surface area (Å²) in [6.45, 7) is 13.4. The lowest BCUT2D eigenvalue weighted by molar-refractivity contribution is -0.123. The van der Waals surface area contributed by atoms with E-state index in [4.69, 9.17) is 0 Å². The van der Waals surface area contributed by atoms with E-state index >= 15 is 0 Å². The van der Waals surface area contributed by atoms with Crippen LogP contribution in [-0.2, 0) is 4.79 Å². The van der Waals surface area contributed by atoms with Gasteiger partial charge in [0.1, 0.15) is 5.78 Å². The predicted molar refractivity (Wildman–Crippen MR) is 70.9 cm³/mol. The molecule has 2 nitrogen and oxygen atoms in total. The molecule has 2 fully saturated rings. The average molecular weight is 237 g/mol. The quantitative estimate of drug-likeness (QED) is 0.751. The van der Waals surface area contributed by atoms with Crippen molar-refractivity contribution in [2.75, 3.05) is 13.1 Å². The number of nitrogens with zero attached hydrogens (tertiary/aromatic N) is 1. The molecule has 1 saturated carbocycles. The second-order valence-electron chi connectivity index (χ2n) is 7.09. The summed E-state index contributed by atoms with van der Waals surface area (Å²) >= 11 is 0. The molecule has 1 aliphatic heterocycles. The lowest BCUT2D eigenvalue weighted by atomic mass is 9.83. The molecule has 0 amide bonds. The van der Waals surface area contributed by atoms with Crippen LogP contribution in [0.3, 0.4) is 0 Å². The van der Waals surface area contributed by atoms with E-state index in [0.29, 0.717) is 23.0 Å². The van der Waals surface area contributed by atoms with E-state index in [9.17, 15) is 4.79 Å². The van der Waals surface area contributed by atoms with Crippen molar-refractivity contribution in [2.24, 2.45) is 16.7 Å². The highest BCUT2D eigenvalue weighted by Crippen LogP contribution is 2.66. The number of hydrogen-bond acceptors (Lipinski definition) is 2. The molecule has 0 radical (unpaired) electrons. The molecular weight excluding hydrogens is 210 g/mol. The zero-order valence-corrected chi connectivity index (χ0v) is 12.0. The third-order valence-electron chi connectivity index (χ3n) is 4.92. The standard InChI is InChI=1S/C15H27NO/c1-6-12(17)11-8-15(10-16(11)7-2)9-13(15)14(3,4)5/h11,13H,6-10H2,1-5H3/t11-,13-,15-/m0/s1. The highest BCUT2D eigenvalue weighted by atomic mass is 16.1. The van der Waals surface area contributed by atoms with Crippen molar-refractivity contribution < 1.29 is 4.79 Å². The minimum Gasteiger partial charge on any atom is -0.298 e. The Morgan fingerprint density at radius 3 is 2.35 bits per heavy atom. The Kier molecular flexibility index (Phi) is 3.14. The summed E-state index contributed by atoms with van der Waals surface area (Å²) in [5, 5.41) is 0. The molecule has 0 aromatic heterocycles. The van der Waals surface area contributed by atoms with Gasteiger partial charge in [0.05, 0.1) is 6.04 Å². The molecule has 0 bridgehead atoms. The maximum atomic E-state index is 12.0. The second kappa shape index (κ2) is 4.08. The molecule has 2 heteroatoms. The molecule has 1 heterocycles. The summed E-state index contributed by atoms with van der Waals surface area (Å²) in [6.07, 6.45) is 3.15. The van der Waals surface area contributed by atoms with Gasteiger partial charge < -0.3 is 0 Å². The number of hydrogen-bond donors (Lipinski definition) is 0. The van der Waals surface area contributed by atoms with E-state index in [0.717, 1.165) is 25.4 Å². The first-order valence-corrected chi connectivity index (χ1v) is 7.11. The summed E-state index contributed by atoms with van der Waals surface area (Å²) in [5.74, 6) is 1.27. The zero-order chi connectivity index (χ0) is 12.8. The third-order valence-corrected chi connectivity index (χ3v) is 4.92. The number of Topliss-reactive ketones (excluding diaryl/α,β-unsaturated/α-hetero) is 1. The first kappa shape index (κ1) is 13.1. The van der Waals surface area contributed by atoms with Crippen molar-refractivity contribution in [3.63, 3.8) is 0 Å². The fourth-order valence-electron chi connectivity index (χ4n) is 3.95. The summed E-state index contributed by atoms with van der Waals surface area (Å²) < 4.78 is 0. The molecule has 98 valence electrons. The predicted octanol–water partition coefficient (Wildman–Crippen LogP) is 3.11. The van der Waals surface area contributed by atoms with Gasteiger partial charge in [0.25, 0.3) is 0 Å². The summed E-state index contributed by atoms with van der Waals surface area (Å²) in [6, 6.07) is 0.220. The van der Waals surface area contributed by atoms with Gasteiger partial charge in [-0.2, -0.15) is 0 Å². The lowest BCUT2D eigenvalue weighted by Crippen LogP contribution is -2.35. The topological polar surface area (TPSA) is 20.3 Å². The number of likely N-dealkylation sites (N-methyl/N-ethyl adjacent to an activating group) is 1. The Hall–Kier alpha value is -0.370. The van der Waals surface area contributed by atoms with Crippen LogP contribution in [0.4, 0.5) is 0 Å². The van der Waals surface area contributed by atoms with Crippen LogP contribution in [0.15, 0.2) is 0 Å². The van der Waals surface area contributed by atoms with Crippen molar-refractivity contribution in [1.29, 1.82) is 0 Å². The zero-order valence-electron chi connectivity index (χ0n) is 12.0.